The number of halogens is 4. The SMILES string of the molecule is Cc1nc(C(=O)NS(=O)(=O)c2c(Cl)cccc2Cl)cn1-c1cc(Cl)cc(Cl)c1. The van der Waals surface area contributed by atoms with Crippen LogP contribution in [0.3, 0.4) is 0 Å². The third-order valence-corrected chi connectivity index (χ3v) is 6.38. The third-order valence-electron chi connectivity index (χ3n) is 3.66. The summed E-state index contributed by atoms with van der Waals surface area (Å²) in [5.41, 5.74) is 0.443. The summed E-state index contributed by atoms with van der Waals surface area (Å²) in [5, 5.41) is 0.584. The fraction of sp³-hybridized carbons (Fsp3) is 0.0588. The number of nitrogens with one attached hydrogen (secondary N) is 1. The first-order valence-electron chi connectivity index (χ1n) is 7.62. The molecule has 0 bridgehead atoms. The maximum absolute atomic E-state index is 12.5. The van der Waals surface area contributed by atoms with Crippen LogP contribution in [0.4, 0.5) is 0 Å². The summed E-state index contributed by atoms with van der Waals surface area (Å²) >= 11 is 23.9. The van der Waals surface area contributed by atoms with Gasteiger partial charge in [-0.25, -0.2) is 18.1 Å². The summed E-state index contributed by atoms with van der Waals surface area (Å²) in [4.78, 5) is 16.2. The van der Waals surface area contributed by atoms with E-state index < -0.39 is 15.9 Å². The van der Waals surface area contributed by atoms with Gasteiger partial charge in [0.1, 0.15) is 16.4 Å². The molecule has 0 aliphatic heterocycles. The predicted molar refractivity (Wildman–Crippen MR) is 109 cm³/mol. The topological polar surface area (TPSA) is 81.1 Å². The Labute approximate surface area is 181 Å². The fourth-order valence-corrected chi connectivity index (χ4v) is 5.11. The molecule has 0 fully saturated rings. The molecule has 1 N–H and O–H groups in total. The lowest BCUT2D eigenvalue weighted by molar-refractivity contribution is 0.0977. The Morgan fingerprint density at radius 1 is 1.04 bits per heavy atom. The smallest absolute Gasteiger partial charge is 0.285 e. The molecule has 11 heteroatoms. The molecule has 0 saturated carbocycles. The van der Waals surface area contributed by atoms with Crippen molar-refractivity contribution in [3.63, 3.8) is 0 Å². The summed E-state index contributed by atoms with van der Waals surface area (Å²) in [5.74, 6) is -0.511. The van der Waals surface area contributed by atoms with Gasteiger partial charge in [0.15, 0.2) is 0 Å². The molecule has 0 aliphatic carbocycles. The zero-order chi connectivity index (χ0) is 20.6. The predicted octanol–water partition coefficient (Wildman–Crippen LogP) is 4.91. The van der Waals surface area contributed by atoms with Gasteiger partial charge >= 0.3 is 0 Å². The first-order chi connectivity index (χ1) is 13.1. The summed E-state index contributed by atoms with van der Waals surface area (Å²) < 4.78 is 28.6. The molecule has 2 aromatic carbocycles. The monoisotopic (exact) mass is 477 g/mol. The van der Waals surface area contributed by atoms with E-state index in [1.165, 1.54) is 24.4 Å². The zero-order valence-corrected chi connectivity index (χ0v) is 17.9. The van der Waals surface area contributed by atoms with Crippen molar-refractivity contribution in [3.8, 4) is 5.69 Å². The van der Waals surface area contributed by atoms with Crippen LogP contribution in [0, 0.1) is 6.92 Å². The third kappa shape index (κ3) is 4.29. The van der Waals surface area contributed by atoms with Crippen LogP contribution in [0.1, 0.15) is 16.3 Å². The van der Waals surface area contributed by atoms with Gasteiger partial charge in [-0.3, -0.25) is 4.79 Å². The fourth-order valence-electron chi connectivity index (χ4n) is 2.49. The minimum atomic E-state index is -4.31. The number of sulfonamides is 1. The number of hydrogen-bond donors (Lipinski definition) is 1. The second-order valence-corrected chi connectivity index (χ2v) is 8.96. The minimum Gasteiger partial charge on any atom is -0.303 e. The quantitative estimate of drug-likeness (QED) is 0.577. The van der Waals surface area contributed by atoms with Crippen LogP contribution >= 0.6 is 46.4 Å². The molecule has 0 unspecified atom stereocenters. The number of hydrogen-bond acceptors (Lipinski definition) is 4. The van der Waals surface area contributed by atoms with Crippen molar-refractivity contribution in [2.75, 3.05) is 0 Å². The Balaban J connectivity index is 1.94. The number of aromatic nitrogens is 2. The van der Waals surface area contributed by atoms with E-state index in [0.29, 0.717) is 21.6 Å². The molecular formula is C17H11Cl4N3O3S. The van der Waals surface area contributed by atoms with Crippen LogP contribution in [0.25, 0.3) is 5.69 Å². The van der Waals surface area contributed by atoms with Gasteiger partial charge in [-0.05, 0) is 37.3 Å². The molecule has 0 atom stereocenters. The van der Waals surface area contributed by atoms with Gasteiger partial charge in [0.25, 0.3) is 15.9 Å². The highest BCUT2D eigenvalue weighted by molar-refractivity contribution is 7.90. The Morgan fingerprint density at radius 2 is 1.61 bits per heavy atom. The van der Waals surface area contributed by atoms with Crippen molar-refractivity contribution < 1.29 is 13.2 Å². The molecule has 1 aromatic heterocycles. The molecule has 3 rings (SSSR count). The Kier molecular flexibility index (Phi) is 5.93. The van der Waals surface area contributed by atoms with E-state index in [-0.39, 0.29) is 20.6 Å². The number of aryl methyl sites for hydroxylation is 1. The van der Waals surface area contributed by atoms with E-state index >= 15 is 0 Å². The van der Waals surface area contributed by atoms with Gasteiger partial charge < -0.3 is 4.57 Å². The maximum atomic E-state index is 12.5. The summed E-state index contributed by atoms with van der Waals surface area (Å²) in [6.45, 7) is 1.64. The van der Waals surface area contributed by atoms with Crippen LogP contribution in [-0.2, 0) is 10.0 Å². The highest BCUT2D eigenvalue weighted by atomic mass is 35.5. The lowest BCUT2D eigenvalue weighted by Gasteiger charge is -2.09. The van der Waals surface area contributed by atoms with E-state index in [4.69, 9.17) is 46.4 Å². The standard InChI is InChI=1S/C17H11Cl4N3O3S/c1-9-22-15(8-24(9)12-6-10(18)5-11(19)7-12)17(25)23-28(26,27)16-13(20)3-2-4-14(16)21/h2-8H,1H3,(H,23,25). The average molecular weight is 479 g/mol. The molecular weight excluding hydrogens is 468 g/mol. The first kappa shape index (κ1) is 21.0. The first-order valence-corrected chi connectivity index (χ1v) is 10.6. The van der Waals surface area contributed by atoms with E-state index in [2.05, 4.69) is 4.98 Å². The van der Waals surface area contributed by atoms with E-state index in [0.717, 1.165) is 0 Å². The second-order valence-electron chi connectivity index (χ2n) is 5.66. The molecule has 1 heterocycles. The zero-order valence-electron chi connectivity index (χ0n) is 14.1. The van der Waals surface area contributed by atoms with Gasteiger partial charge in [0.05, 0.1) is 10.0 Å². The number of imidazole rings is 1. The lowest BCUT2D eigenvalue weighted by Crippen LogP contribution is -2.31. The number of nitrogens with zero attached hydrogens (tertiary/aromatic N) is 2. The number of amides is 1. The number of carbonyl (C=O) groups excluding carboxylic acids is 1. The van der Waals surface area contributed by atoms with Crippen molar-refractivity contribution in [3.05, 3.63) is 74.2 Å². The van der Waals surface area contributed by atoms with E-state index in [1.807, 2.05) is 4.72 Å². The van der Waals surface area contributed by atoms with Crippen molar-refractivity contribution in [1.82, 2.24) is 14.3 Å². The van der Waals surface area contributed by atoms with Crippen molar-refractivity contribution in [1.29, 1.82) is 0 Å². The normalized spacial score (nSPS) is 11.5. The second kappa shape index (κ2) is 7.93. The van der Waals surface area contributed by atoms with Gasteiger partial charge in [-0.1, -0.05) is 52.5 Å². The number of rotatable bonds is 4. The lowest BCUT2D eigenvalue weighted by atomic mass is 10.3. The molecule has 0 radical (unpaired) electrons. The summed E-state index contributed by atoms with van der Waals surface area (Å²) in [7, 11) is -4.31. The van der Waals surface area contributed by atoms with Gasteiger partial charge in [-0.2, -0.15) is 0 Å². The van der Waals surface area contributed by atoms with Crippen molar-refractivity contribution >= 4 is 62.3 Å². The van der Waals surface area contributed by atoms with E-state index in [9.17, 15) is 13.2 Å². The van der Waals surface area contributed by atoms with Crippen LogP contribution in [0.15, 0.2) is 47.5 Å². The Bertz CT molecular complexity index is 1150. The largest absolute Gasteiger partial charge is 0.303 e. The summed E-state index contributed by atoms with van der Waals surface area (Å²) in [6, 6.07) is 9.02. The highest BCUT2D eigenvalue weighted by Crippen LogP contribution is 2.29. The molecule has 146 valence electrons. The molecule has 6 nitrogen and oxygen atoms in total. The Hall–Kier alpha value is -1.77. The van der Waals surface area contributed by atoms with Crippen LogP contribution in [0.2, 0.25) is 20.1 Å². The maximum Gasteiger partial charge on any atom is 0.285 e. The van der Waals surface area contributed by atoms with Crippen LogP contribution < -0.4 is 4.72 Å². The average Bonchev–Trinajstić information content (AvgIpc) is 2.95. The number of carbonyl (C=O) groups is 1. The van der Waals surface area contributed by atoms with E-state index in [1.54, 1.807) is 29.7 Å². The molecule has 3 aromatic rings. The van der Waals surface area contributed by atoms with Gasteiger partial charge in [0.2, 0.25) is 0 Å². The summed E-state index contributed by atoms with van der Waals surface area (Å²) in [6.07, 6.45) is 1.37. The van der Waals surface area contributed by atoms with Crippen molar-refractivity contribution in [2.24, 2.45) is 0 Å². The molecule has 0 saturated heterocycles. The van der Waals surface area contributed by atoms with Gasteiger partial charge in [0, 0.05) is 21.9 Å². The number of benzene rings is 2. The molecule has 0 spiro atoms. The minimum absolute atomic E-state index is 0.108. The highest BCUT2D eigenvalue weighted by Gasteiger charge is 2.26. The van der Waals surface area contributed by atoms with Crippen LogP contribution in [0.5, 0.6) is 0 Å². The van der Waals surface area contributed by atoms with Crippen LogP contribution in [-0.4, -0.2) is 23.9 Å². The molecule has 28 heavy (non-hydrogen) atoms. The molecule has 0 aliphatic rings. The van der Waals surface area contributed by atoms with Crippen molar-refractivity contribution in [2.45, 2.75) is 11.8 Å². The Morgan fingerprint density at radius 3 is 2.18 bits per heavy atom. The molecule has 1 amide bonds. The van der Waals surface area contributed by atoms with Gasteiger partial charge in [-0.15, -0.1) is 0 Å².